The zero-order valence-corrected chi connectivity index (χ0v) is 16.4. The Balaban J connectivity index is 1.91. The Morgan fingerprint density at radius 3 is 2.24 bits per heavy atom. The summed E-state index contributed by atoms with van der Waals surface area (Å²) in [6.45, 7) is 9.37. The van der Waals surface area contributed by atoms with Gasteiger partial charge in [0.15, 0.2) is 5.13 Å². The molecule has 2 atom stereocenters. The van der Waals surface area contributed by atoms with Gasteiger partial charge in [-0.3, -0.25) is 5.32 Å². The third-order valence-corrected chi connectivity index (χ3v) is 5.02. The number of thiazole rings is 1. The van der Waals surface area contributed by atoms with E-state index in [9.17, 15) is 9.59 Å². The number of ether oxygens (including phenoxy) is 1. The van der Waals surface area contributed by atoms with Crippen molar-refractivity contribution in [1.82, 2.24) is 15.6 Å². The summed E-state index contributed by atoms with van der Waals surface area (Å²) in [6.07, 6.45) is 3.24. The molecule has 7 nitrogen and oxygen atoms in total. The van der Waals surface area contributed by atoms with Crippen LogP contribution < -0.4 is 16.0 Å². The molecule has 1 heterocycles. The predicted octanol–water partition coefficient (Wildman–Crippen LogP) is 3.72. The molecule has 1 aromatic heterocycles. The lowest BCUT2D eigenvalue weighted by atomic mass is 9.90. The number of rotatable bonds is 3. The van der Waals surface area contributed by atoms with Gasteiger partial charge < -0.3 is 15.4 Å². The molecule has 0 aromatic carbocycles. The highest BCUT2D eigenvalue weighted by atomic mass is 32.1. The van der Waals surface area contributed by atoms with Crippen molar-refractivity contribution in [2.24, 2.45) is 0 Å². The van der Waals surface area contributed by atoms with E-state index in [0.717, 1.165) is 36.3 Å². The molecule has 1 aromatic rings. The van der Waals surface area contributed by atoms with Gasteiger partial charge in [-0.1, -0.05) is 12.8 Å². The minimum Gasteiger partial charge on any atom is -0.444 e. The van der Waals surface area contributed by atoms with Gasteiger partial charge in [0.1, 0.15) is 5.60 Å². The van der Waals surface area contributed by atoms with E-state index in [1.807, 2.05) is 34.6 Å². The van der Waals surface area contributed by atoms with Crippen LogP contribution in [0.15, 0.2) is 0 Å². The molecule has 2 rings (SSSR count). The average molecular weight is 369 g/mol. The van der Waals surface area contributed by atoms with Gasteiger partial charge in [0.2, 0.25) is 0 Å². The Hall–Kier alpha value is -1.83. The molecular formula is C17H28N4O3S. The monoisotopic (exact) mass is 368 g/mol. The Bertz CT molecular complexity index is 604. The molecule has 140 valence electrons. The summed E-state index contributed by atoms with van der Waals surface area (Å²) in [6, 6.07) is -0.547. The third-order valence-electron chi connectivity index (χ3n) is 4.03. The van der Waals surface area contributed by atoms with Crippen molar-refractivity contribution >= 4 is 28.6 Å². The number of nitrogens with one attached hydrogen (secondary N) is 3. The van der Waals surface area contributed by atoms with Crippen molar-refractivity contribution in [2.75, 3.05) is 5.32 Å². The maximum absolute atomic E-state index is 12.3. The van der Waals surface area contributed by atoms with E-state index in [2.05, 4.69) is 20.9 Å². The number of aromatic nitrogens is 1. The van der Waals surface area contributed by atoms with E-state index < -0.39 is 11.7 Å². The lowest BCUT2D eigenvalue weighted by molar-refractivity contribution is 0.0481. The number of nitrogens with zero attached hydrogens (tertiary/aromatic N) is 1. The smallest absolute Gasteiger partial charge is 0.407 e. The molecule has 0 aliphatic heterocycles. The molecule has 0 unspecified atom stereocenters. The zero-order valence-electron chi connectivity index (χ0n) is 15.6. The summed E-state index contributed by atoms with van der Waals surface area (Å²) in [5.74, 6) is 0. The van der Waals surface area contributed by atoms with Crippen LogP contribution in [0.5, 0.6) is 0 Å². The topological polar surface area (TPSA) is 92.4 Å². The normalized spacial score (nSPS) is 20.7. The van der Waals surface area contributed by atoms with E-state index in [-0.39, 0.29) is 18.1 Å². The molecule has 1 saturated carbocycles. The molecule has 0 spiro atoms. The van der Waals surface area contributed by atoms with Crippen LogP contribution in [0, 0.1) is 13.8 Å². The number of alkyl carbamates (subject to hydrolysis) is 1. The van der Waals surface area contributed by atoms with E-state index in [1.54, 1.807) is 0 Å². The third kappa shape index (κ3) is 6.19. The highest BCUT2D eigenvalue weighted by Crippen LogP contribution is 2.22. The lowest BCUT2D eigenvalue weighted by Crippen LogP contribution is -2.54. The second-order valence-electron chi connectivity index (χ2n) is 7.40. The van der Waals surface area contributed by atoms with Gasteiger partial charge in [-0.05, 0) is 47.5 Å². The average Bonchev–Trinajstić information content (AvgIpc) is 2.77. The van der Waals surface area contributed by atoms with Crippen LogP contribution >= 0.6 is 11.3 Å². The number of amides is 3. The number of carbonyl (C=O) groups is 2. The van der Waals surface area contributed by atoms with Crippen molar-refractivity contribution < 1.29 is 14.3 Å². The van der Waals surface area contributed by atoms with Crippen LogP contribution in [0.4, 0.5) is 14.7 Å². The number of anilines is 1. The maximum Gasteiger partial charge on any atom is 0.407 e. The van der Waals surface area contributed by atoms with Gasteiger partial charge in [-0.25, -0.2) is 14.6 Å². The largest absolute Gasteiger partial charge is 0.444 e. The molecule has 1 fully saturated rings. The Morgan fingerprint density at radius 1 is 1.12 bits per heavy atom. The SMILES string of the molecule is Cc1nc(NC(=O)N[C@@H]2CCCC[C@H]2NC(=O)OC(C)(C)C)sc1C. The summed E-state index contributed by atoms with van der Waals surface area (Å²) in [4.78, 5) is 29.7. The predicted molar refractivity (Wildman–Crippen MR) is 99.2 cm³/mol. The van der Waals surface area contributed by atoms with Crippen LogP contribution in [0.2, 0.25) is 0 Å². The molecule has 8 heteroatoms. The standard InChI is InChI=1S/C17H28N4O3S/c1-10-11(2)25-15(18-10)21-14(22)19-12-8-6-7-9-13(12)20-16(23)24-17(3,4)5/h12-13H,6-9H2,1-5H3,(H,20,23)(H2,18,19,21,22)/t12-,13-/m1/s1. The molecule has 25 heavy (non-hydrogen) atoms. The first kappa shape index (κ1) is 19.5. The molecule has 3 amide bonds. The van der Waals surface area contributed by atoms with Gasteiger partial charge in [0, 0.05) is 4.88 Å². The van der Waals surface area contributed by atoms with E-state index in [4.69, 9.17) is 4.74 Å². The van der Waals surface area contributed by atoms with Crippen LogP contribution in [0.3, 0.4) is 0 Å². The Labute approximate surface area is 152 Å². The summed E-state index contributed by atoms with van der Waals surface area (Å²) >= 11 is 1.45. The zero-order chi connectivity index (χ0) is 18.6. The number of aryl methyl sites for hydroxylation is 2. The first-order valence-corrected chi connectivity index (χ1v) is 9.47. The van der Waals surface area contributed by atoms with Crippen molar-refractivity contribution in [1.29, 1.82) is 0 Å². The van der Waals surface area contributed by atoms with Gasteiger partial charge in [0.25, 0.3) is 0 Å². The quantitative estimate of drug-likeness (QED) is 0.758. The Morgan fingerprint density at radius 2 is 1.72 bits per heavy atom. The summed E-state index contributed by atoms with van der Waals surface area (Å²) in [5, 5.41) is 9.21. The minimum absolute atomic E-state index is 0.122. The van der Waals surface area contributed by atoms with Gasteiger partial charge in [-0.15, -0.1) is 11.3 Å². The van der Waals surface area contributed by atoms with Crippen LogP contribution in [0.25, 0.3) is 0 Å². The number of hydrogen-bond acceptors (Lipinski definition) is 5. The molecular weight excluding hydrogens is 340 g/mol. The van der Waals surface area contributed by atoms with Crippen molar-refractivity contribution in [3.05, 3.63) is 10.6 Å². The fourth-order valence-corrected chi connectivity index (χ4v) is 3.57. The molecule has 0 radical (unpaired) electrons. The summed E-state index contributed by atoms with van der Waals surface area (Å²) in [7, 11) is 0. The molecule has 0 saturated heterocycles. The van der Waals surface area contributed by atoms with Gasteiger partial charge >= 0.3 is 12.1 Å². The van der Waals surface area contributed by atoms with E-state index in [0.29, 0.717) is 5.13 Å². The van der Waals surface area contributed by atoms with Gasteiger partial charge in [0.05, 0.1) is 17.8 Å². The van der Waals surface area contributed by atoms with E-state index in [1.165, 1.54) is 11.3 Å². The molecule has 0 bridgehead atoms. The fourth-order valence-electron chi connectivity index (χ4n) is 2.76. The number of carbonyl (C=O) groups excluding carboxylic acids is 2. The first-order valence-electron chi connectivity index (χ1n) is 8.65. The number of urea groups is 1. The lowest BCUT2D eigenvalue weighted by Gasteiger charge is -2.33. The Kier molecular flexibility index (Phi) is 6.26. The second kappa shape index (κ2) is 8.03. The fraction of sp³-hybridized carbons (Fsp3) is 0.706. The second-order valence-corrected chi connectivity index (χ2v) is 8.61. The molecule has 1 aliphatic rings. The van der Waals surface area contributed by atoms with E-state index >= 15 is 0 Å². The highest BCUT2D eigenvalue weighted by molar-refractivity contribution is 7.15. The van der Waals surface area contributed by atoms with Crippen molar-refractivity contribution in [3.8, 4) is 0 Å². The summed E-state index contributed by atoms with van der Waals surface area (Å²) < 4.78 is 5.32. The van der Waals surface area contributed by atoms with Crippen molar-refractivity contribution in [2.45, 2.75) is 78.0 Å². The van der Waals surface area contributed by atoms with Gasteiger partial charge in [-0.2, -0.15) is 0 Å². The first-order chi connectivity index (χ1) is 11.6. The molecule has 1 aliphatic carbocycles. The highest BCUT2D eigenvalue weighted by Gasteiger charge is 2.29. The van der Waals surface area contributed by atoms with Crippen LogP contribution in [-0.2, 0) is 4.74 Å². The van der Waals surface area contributed by atoms with Crippen LogP contribution in [0.1, 0.15) is 57.0 Å². The molecule has 3 N–H and O–H groups in total. The minimum atomic E-state index is -0.542. The summed E-state index contributed by atoms with van der Waals surface area (Å²) in [5.41, 5.74) is 0.377. The number of hydrogen-bond donors (Lipinski definition) is 3. The van der Waals surface area contributed by atoms with Crippen LogP contribution in [-0.4, -0.2) is 34.8 Å². The maximum atomic E-state index is 12.3. The van der Waals surface area contributed by atoms with Crippen molar-refractivity contribution in [3.63, 3.8) is 0 Å².